The van der Waals surface area contributed by atoms with E-state index in [0.717, 1.165) is 6.42 Å². The fraction of sp³-hybridized carbons (Fsp3) is 0.909. The van der Waals surface area contributed by atoms with Crippen LogP contribution in [-0.4, -0.2) is 38.3 Å². The van der Waals surface area contributed by atoms with Crippen molar-refractivity contribution in [2.45, 2.75) is 57.9 Å². The normalized spacial score (nSPS) is 31.0. The average Bonchev–Trinajstić information content (AvgIpc) is 2.89. The van der Waals surface area contributed by atoms with Crippen LogP contribution in [0, 0.1) is 0 Å². The number of carbonyl (C=O) groups excluding carboxylic acids is 1. The maximum absolute atomic E-state index is 12.1. The molecule has 1 rings (SSSR count). The summed E-state index contributed by atoms with van der Waals surface area (Å²) in [4.78, 5) is 11.6. The minimum Gasteiger partial charge on any atom is -0.597 e. The Labute approximate surface area is 101 Å². The van der Waals surface area contributed by atoms with E-state index in [0.29, 0.717) is 6.61 Å². The second-order valence-corrected chi connectivity index (χ2v) is 7.04. The molecule has 4 nitrogen and oxygen atoms in total. The van der Waals surface area contributed by atoms with E-state index in [2.05, 4.69) is 0 Å². The second-order valence-electron chi connectivity index (χ2n) is 4.89. The molecule has 1 heterocycles. The molecule has 16 heavy (non-hydrogen) atoms. The third-order valence-corrected chi connectivity index (χ3v) is 4.47. The molecular weight excluding hydrogens is 226 g/mol. The van der Waals surface area contributed by atoms with Crippen molar-refractivity contribution in [1.29, 1.82) is 0 Å². The molecule has 4 atom stereocenters. The monoisotopic (exact) mass is 247 g/mol. The topological polar surface area (TPSA) is 52.4 Å². The van der Waals surface area contributed by atoms with Crippen LogP contribution in [0.1, 0.15) is 41.0 Å². The quantitative estimate of drug-likeness (QED) is 0.429. The van der Waals surface area contributed by atoms with Gasteiger partial charge in [-0.1, -0.05) is 6.92 Å². The first-order chi connectivity index (χ1) is 7.34. The number of nitrogens with zero attached hydrogens (tertiary/aromatic N) is 1. The first kappa shape index (κ1) is 13.8. The molecule has 0 bridgehead atoms. The smallest absolute Gasteiger partial charge is 0.329 e. The van der Waals surface area contributed by atoms with Gasteiger partial charge >= 0.3 is 5.97 Å². The van der Waals surface area contributed by atoms with Crippen molar-refractivity contribution in [2.24, 2.45) is 0 Å². The van der Waals surface area contributed by atoms with Crippen LogP contribution in [0.4, 0.5) is 0 Å². The van der Waals surface area contributed by atoms with E-state index in [4.69, 9.17) is 4.74 Å². The largest absolute Gasteiger partial charge is 0.597 e. The van der Waals surface area contributed by atoms with E-state index in [-0.39, 0.29) is 22.8 Å². The van der Waals surface area contributed by atoms with Crippen molar-refractivity contribution < 1.29 is 14.1 Å². The molecule has 0 N–H and O–H groups in total. The molecule has 0 spiro atoms. The molecule has 94 valence electrons. The molecule has 0 saturated carbocycles. The Morgan fingerprint density at radius 2 is 2.00 bits per heavy atom. The van der Waals surface area contributed by atoms with Gasteiger partial charge in [0.2, 0.25) is 0 Å². The van der Waals surface area contributed by atoms with E-state index in [1.165, 1.54) is 0 Å². The first-order valence-electron chi connectivity index (χ1n) is 5.71. The van der Waals surface area contributed by atoms with Gasteiger partial charge in [-0.05, 0) is 34.1 Å². The predicted molar refractivity (Wildman–Crippen MR) is 64.2 cm³/mol. The maximum atomic E-state index is 12.1. The molecule has 1 saturated heterocycles. The maximum Gasteiger partial charge on any atom is 0.329 e. The lowest BCUT2D eigenvalue weighted by molar-refractivity contribution is -0.143. The van der Waals surface area contributed by atoms with Gasteiger partial charge in [0.05, 0.1) is 12.6 Å². The standard InChI is InChI=1S/C11H21NO3S/c1-6-8-9(10(13)15-7-2)12(8)16(14)11(3,4)5/h8-9H,6-7H2,1-5H3/t8-,9-,12?,16-/m0/s1. The second kappa shape index (κ2) is 4.94. The van der Waals surface area contributed by atoms with Crippen LogP contribution < -0.4 is 0 Å². The summed E-state index contributed by atoms with van der Waals surface area (Å²) in [7, 11) is 0. The SMILES string of the molecule is CCOC(=O)[C@@H]1[C@H](CC)N1[S@@+]([O-])C(C)(C)C. The molecule has 0 aromatic rings. The lowest BCUT2D eigenvalue weighted by Crippen LogP contribution is -2.36. The highest BCUT2D eigenvalue weighted by molar-refractivity contribution is 7.90. The van der Waals surface area contributed by atoms with Crippen LogP contribution in [0.5, 0.6) is 0 Å². The molecule has 0 radical (unpaired) electrons. The van der Waals surface area contributed by atoms with Crippen LogP contribution in [-0.2, 0) is 20.9 Å². The third kappa shape index (κ3) is 2.70. The summed E-state index contributed by atoms with van der Waals surface area (Å²) in [6, 6.07) is -0.218. The lowest BCUT2D eigenvalue weighted by Gasteiger charge is -2.24. The Morgan fingerprint density at radius 3 is 2.38 bits per heavy atom. The number of rotatable bonds is 4. The summed E-state index contributed by atoms with van der Waals surface area (Å²) < 4.78 is 18.6. The first-order valence-corrected chi connectivity index (χ1v) is 6.82. The summed E-state index contributed by atoms with van der Waals surface area (Å²) in [5.41, 5.74) is 0. The zero-order chi connectivity index (χ0) is 12.5. The van der Waals surface area contributed by atoms with Gasteiger partial charge in [0, 0.05) is 11.4 Å². The fourth-order valence-corrected chi connectivity index (χ4v) is 3.21. The number of carbonyl (C=O) groups is 1. The van der Waals surface area contributed by atoms with Crippen molar-refractivity contribution in [3.8, 4) is 0 Å². The molecular formula is C11H21NO3S. The molecule has 5 heteroatoms. The summed E-state index contributed by atoms with van der Waals surface area (Å²) in [5.74, 6) is -0.244. The molecule has 0 aromatic carbocycles. The van der Waals surface area contributed by atoms with Gasteiger partial charge in [0.25, 0.3) is 0 Å². The highest BCUT2D eigenvalue weighted by atomic mass is 32.2. The van der Waals surface area contributed by atoms with Crippen LogP contribution >= 0.6 is 0 Å². The minimum atomic E-state index is -1.13. The predicted octanol–water partition coefficient (Wildman–Crippen LogP) is 1.47. The van der Waals surface area contributed by atoms with Crippen molar-refractivity contribution in [3.05, 3.63) is 0 Å². The van der Waals surface area contributed by atoms with E-state index >= 15 is 0 Å². The molecule has 1 aliphatic heterocycles. The Bertz CT molecular complexity index is 264. The molecule has 0 aromatic heterocycles. The van der Waals surface area contributed by atoms with Gasteiger partial charge in [-0.15, -0.1) is 4.31 Å². The third-order valence-electron chi connectivity index (χ3n) is 2.54. The molecule has 0 amide bonds. The molecule has 0 aliphatic carbocycles. The van der Waals surface area contributed by atoms with Crippen LogP contribution in [0.2, 0.25) is 0 Å². The van der Waals surface area contributed by atoms with Gasteiger partial charge in [0.1, 0.15) is 4.75 Å². The van der Waals surface area contributed by atoms with Crippen molar-refractivity contribution in [3.63, 3.8) is 0 Å². The van der Waals surface area contributed by atoms with Crippen LogP contribution in [0.25, 0.3) is 0 Å². The zero-order valence-corrected chi connectivity index (χ0v) is 11.5. The zero-order valence-electron chi connectivity index (χ0n) is 10.6. The van der Waals surface area contributed by atoms with Gasteiger partial charge in [-0.25, -0.2) is 0 Å². The fourth-order valence-electron chi connectivity index (χ4n) is 1.69. The summed E-state index contributed by atoms with van der Waals surface area (Å²) in [5, 5.41) is 0. The van der Waals surface area contributed by atoms with E-state index in [9.17, 15) is 9.35 Å². The Morgan fingerprint density at radius 1 is 1.44 bits per heavy atom. The summed E-state index contributed by atoms with van der Waals surface area (Å²) in [6.45, 7) is 9.90. The average molecular weight is 247 g/mol. The Balaban J connectivity index is 2.66. The number of ether oxygens (including phenoxy) is 1. The Kier molecular flexibility index (Phi) is 4.26. The number of hydrogen-bond acceptors (Lipinski definition) is 4. The van der Waals surface area contributed by atoms with E-state index < -0.39 is 11.4 Å². The summed E-state index contributed by atoms with van der Waals surface area (Å²) in [6.07, 6.45) is 0.825. The number of esters is 1. The van der Waals surface area contributed by atoms with Crippen molar-refractivity contribution in [2.75, 3.05) is 6.61 Å². The van der Waals surface area contributed by atoms with Crippen LogP contribution in [0.3, 0.4) is 0 Å². The van der Waals surface area contributed by atoms with Gasteiger partial charge in [0.15, 0.2) is 6.04 Å². The van der Waals surface area contributed by atoms with Gasteiger partial charge in [-0.3, -0.25) is 4.79 Å². The molecule has 1 unspecified atom stereocenters. The number of hydrogen-bond donors (Lipinski definition) is 0. The highest BCUT2D eigenvalue weighted by Gasteiger charge is 2.62. The van der Waals surface area contributed by atoms with Crippen molar-refractivity contribution in [1.82, 2.24) is 4.31 Å². The Hall–Kier alpha value is -0.260. The molecule has 1 fully saturated rings. The van der Waals surface area contributed by atoms with E-state index in [1.54, 1.807) is 11.2 Å². The molecule has 1 aliphatic rings. The van der Waals surface area contributed by atoms with Crippen molar-refractivity contribution >= 4 is 17.3 Å². The minimum absolute atomic E-state index is 0.0825. The summed E-state index contributed by atoms with van der Waals surface area (Å²) >= 11 is -1.13. The lowest BCUT2D eigenvalue weighted by atomic mass is 10.2. The van der Waals surface area contributed by atoms with Gasteiger partial charge in [-0.2, -0.15) is 0 Å². The van der Waals surface area contributed by atoms with Gasteiger partial charge < -0.3 is 9.29 Å². The highest BCUT2D eigenvalue weighted by Crippen LogP contribution is 2.39. The van der Waals surface area contributed by atoms with Crippen LogP contribution in [0.15, 0.2) is 0 Å². The van der Waals surface area contributed by atoms with E-state index in [1.807, 2.05) is 27.7 Å².